The van der Waals surface area contributed by atoms with E-state index in [1.807, 2.05) is 13.8 Å². The van der Waals surface area contributed by atoms with Gasteiger partial charge in [0.2, 0.25) is 23.6 Å². The largest absolute Gasteiger partial charge is 0.514 e. The number of allylic oxidation sites excluding steroid dienone is 2. The number of nitro groups is 1. The molecule has 29 nitrogen and oxygen atoms in total. The Kier molecular flexibility index (Phi) is 40.8. The van der Waals surface area contributed by atoms with Gasteiger partial charge in [-0.1, -0.05) is 77.6 Å². The van der Waals surface area contributed by atoms with Gasteiger partial charge in [0, 0.05) is 99.1 Å². The number of ether oxygens (including phenoxy) is 4. The van der Waals surface area contributed by atoms with Crippen LogP contribution in [0.1, 0.15) is 154 Å². The number of benzene rings is 3. The van der Waals surface area contributed by atoms with Crippen molar-refractivity contribution in [2.24, 2.45) is 35.1 Å². The number of hydrogen-bond donors (Lipinski definition) is 9. The van der Waals surface area contributed by atoms with Crippen molar-refractivity contribution in [2.75, 3.05) is 37.9 Å². The van der Waals surface area contributed by atoms with E-state index in [0.29, 0.717) is 86.7 Å². The molecule has 0 heterocycles. The van der Waals surface area contributed by atoms with E-state index in [4.69, 9.17) is 20.9 Å². The predicted octanol–water partition coefficient (Wildman–Crippen LogP) is 7.97. The Bertz CT molecular complexity index is 3170. The summed E-state index contributed by atoms with van der Waals surface area (Å²) in [6.07, 6.45) is 10.8. The minimum absolute atomic E-state index is 0.0667. The molecule has 3 aromatic rings. The molecule has 29 heteroatoms. The molecule has 536 valence electrons. The fourth-order valence-corrected chi connectivity index (χ4v) is 9.51. The Balaban J connectivity index is 0.000000688. The van der Waals surface area contributed by atoms with Crippen LogP contribution in [0.2, 0.25) is 0 Å². The molecule has 0 spiro atoms. The van der Waals surface area contributed by atoms with Crippen LogP contribution in [0.25, 0.3) is 0 Å². The summed E-state index contributed by atoms with van der Waals surface area (Å²) >= 11 is 0. The summed E-state index contributed by atoms with van der Waals surface area (Å²) < 4.78 is 19.0. The minimum atomic E-state index is -1.02. The van der Waals surface area contributed by atoms with Crippen LogP contribution < -0.4 is 48.1 Å². The number of aliphatic hydroxyl groups is 1. The average molecular weight is 1370 g/mol. The number of urea groups is 2. The highest BCUT2D eigenvalue weighted by Crippen LogP contribution is 2.23. The monoisotopic (exact) mass is 1370 g/mol. The fourth-order valence-electron chi connectivity index (χ4n) is 9.51. The number of amides is 8. The van der Waals surface area contributed by atoms with Gasteiger partial charge in [-0.15, -0.1) is 0 Å². The van der Waals surface area contributed by atoms with E-state index in [-0.39, 0.29) is 129 Å². The number of Topliss-reactive ketones (excluding diaryl/α,β-unsaturated/α-hetero) is 2. The second-order valence-corrected chi connectivity index (χ2v) is 23.6. The zero-order valence-corrected chi connectivity index (χ0v) is 56.6. The summed E-state index contributed by atoms with van der Waals surface area (Å²) in [6.45, 7) is 7.39. The van der Waals surface area contributed by atoms with Gasteiger partial charge in [-0.3, -0.25) is 48.5 Å². The number of aliphatic hydroxyl groups excluding tert-OH is 1. The third kappa shape index (κ3) is 37.2. The number of hydrogen-bond acceptors (Lipinski definition) is 20. The first-order valence-electron chi connectivity index (χ1n) is 32.4. The Morgan fingerprint density at radius 3 is 1.27 bits per heavy atom. The number of nitrogens with zero attached hydrogens (tertiary/aromatic N) is 1. The van der Waals surface area contributed by atoms with Crippen molar-refractivity contribution in [1.29, 1.82) is 0 Å². The molecular formula is C69H95N9O20. The second-order valence-electron chi connectivity index (χ2n) is 23.6. The van der Waals surface area contributed by atoms with Crippen molar-refractivity contribution < 1.29 is 91.3 Å². The van der Waals surface area contributed by atoms with Gasteiger partial charge in [-0.25, -0.2) is 24.0 Å². The summed E-state index contributed by atoms with van der Waals surface area (Å²) in [5.41, 5.74) is 12.3. The van der Waals surface area contributed by atoms with Crippen LogP contribution >= 0.6 is 0 Å². The van der Waals surface area contributed by atoms with E-state index in [2.05, 4.69) is 41.4 Å². The topological polar surface area (TPSA) is 446 Å². The van der Waals surface area contributed by atoms with Gasteiger partial charge in [0.15, 0.2) is 23.1 Å². The molecule has 0 saturated heterocycles. The number of non-ortho nitro benzene ring substituents is 1. The number of primary amides is 2. The number of nitrogens with two attached hydrogens (primary N) is 2. The van der Waals surface area contributed by atoms with Gasteiger partial charge in [-0.2, -0.15) is 0 Å². The SMILES string of the molecule is COC(=O)/C=C/C(=O)CCCCCCC(=O)N[C@H](C(=O)C[C@@H](CCCNC(N)=O)C(=O)Nc1ccc(CO)cc1)C(C)C.COC(=O)/C=C/C(=O)CCCCCCC(=O)N[C@H](C(=O)C[C@@H](CCCNC(N)=O)C(=O)Nc1ccc(COC(=O)Oc2ccc([N+](=O)[O-])cc2)cc1)C(C)C. The van der Waals surface area contributed by atoms with Gasteiger partial charge in [0.25, 0.3) is 5.69 Å². The zero-order chi connectivity index (χ0) is 73.0. The van der Waals surface area contributed by atoms with Crippen LogP contribution in [-0.2, 0) is 75.4 Å². The van der Waals surface area contributed by atoms with E-state index in [1.165, 1.54) is 50.6 Å². The fraction of sp³-hybridized carbons (Fsp3) is 0.493. The number of carbonyl (C=O) groups is 13. The normalized spacial score (nSPS) is 12.1. The third-order valence-electron chi connectivity index (χ3n) is 15.0. The van der Waals surface area contributed by atoms with Gasteiger partial charge >= 0.3 is 30.2 Å². The van der Waals surface area contributed by atoms with Crippen molar-refractivity contribution in [3.05, 3.63) is 118 Å². The lowest BCUT2D eigenvalue weighted by Crippen LogP contribution is -2.45. The number of nitro benzene ring substituents is 1. The molecule has 98 heavy (non-hydrogen) atoms. The Labute approximate surface area is 570 Å². The minimum Gasteiger partial charge on any atom is -0.466 e. The van der Waals surface area contributed by atoms with Crippen LogP contribution in [0.5, 0.6) is 5.75 Å². The molecule has 3 aromatic carbocycles. The van der Waals surface area contributed by atoms with E-state index in [0.717, 1.165) is 25.0 Å². The molecule has 0 bridgehead atoms. The van der Waals surface area contributed by atoms with Crippen molar-refractivity contribution >= 4 is 94.0 Å². The number of unbranched alkanes of at least 4 members (excludes halogenated alkanes) is 6. The van der Waals surface area contributed by atoms with Crippen molar-refractivity contribution in [3.8, 4) is 5.75 Å². The molecule has 0 aliphatic carbocycles. The summed E-state index contributed by atoms with van der Waals surface area (Å²) in [4.78, 5) is 169. The van der Waals surface area contributed by atoms with Crippen LogP contribution in [0.3, 0.4) is 0 Å². The molecule has 0 radical (unpaired) electrons. The Morgan fingerprint density at radius 2 is 0.908 bits per heavy atom. The molecule has 11 N–H and O–H groups in total. The number of rotatable bonds is 45. The standard InChI is InChI=1S/C38H49N5O12.C31H46N4O8/c1-25(2)35(42-33(46)11-7-5-4-6-10-30(44)18-21-34(47)53-3)32(45)23-27(9-8-22-40-37(39)49)36(48)41-28-14-12-26(13-15-28)24-54-38(50)55-31-19-16-29(17-20-31)43(51)52;1-21(2)29(35-27(39)11-7-5-4-6-10-25(37)16-17-28(40)43-3)26(38)19-23(9-8-18-33-31(32)42)30(41)34-24-14-12-22(20-36)13-15-24/h12-21,25,27,35H,4-11,22-24H2,1-3H3,(H,41,48)(H,42,46)(H3,39,40,49);12-17,21,23,29,36H,4-11,18-20H2,1-3H3,(H,34,41)(H,35,39)(H3,32,33,42)/b21-18+;17-16+/t27-,35+;23-,29+/m11/s1. The number of esters is 2. The number of nitrogens with one attached hydrogen (secondary N) is 6. The van der Waals surface area contributed by atoms with Crippen molar-refractivity contribution in [2.45, 2.75) is 169 Å². The molecule has 0 unspecified atom stereocenters. The lowest BCUT2D eigenvalue weighted by atomic mass is 9.89. The zero-order valence-electron chi connectivity index (χ0n) is 56.6. The Hall–Kier alpha value is -10.2. The molecule has 0 fully saturated rings. The molecule has 0 aromatic heterocycles. The molecule has 8 amide bonds. The van der Waals surface area contributed by atoms with Crippen molar-refractivity contribution in [1.82, 2.24) is 21.3 Å². The third-order valence-corrected chi connectivity index (χ3v) is 15.0. The molecule has 3 rings (SSSR count). The van der Waals surface area contributed by atoms with E-state index < -0.39 is 64.9 Å². The number of carbonyl (C=O) groups excluding carboxylic acids is 13. The van der Waals surface area contributed by atoms with E-state index >= 15 is 0 Å². The number of ketones is 4. The van der Waals surface area contributed by atoms with Gasteiger partial charge < -0.3 is 67.4 Å². The predicted molar refractivity (Wildman–Crippen MR) is 361 cm³/mol. The van der Waals surface area contributed by atoms with E-state index in [9.17, 15) is 77.5 Å². The van der Waals surface area contributed by atoms with Gasteiger partial charge in [0.1, 0.15) is 12.4 Å². The van der Waals surface area contributed by atoms with Crippen LogP contribution in [-0.4, -0.2) is 126 Å². The van der Waals surface area contributed by atoms with Crippen LogP contribution in [0.15, 0.2) is 97.1 Å². The lowest BCUT2D eigenvalue weighted by molar-refractivity contribution is -0.384. The average Bonchev–Trinajstić information content (AvgIpc) is 0.946. The maximum absolute atomic E-state index is 13.5. The summed E-state index contributed by atoms with van der Waals surface area (Å²) in [6, 6.07) is 15.0. The van der Waals surface area contributed by atoms with E-state index in [1.54, 1.807) is 62.4 Å². The molecule has 0 saturated carbocycles. The maximum Gasteiger partial charge on any atom is 0.514 e. The quantitative estimate of drug-likeness (QED) is 0.00492. The summed E-state index contributed by atoms with van der Waals surface area (Å²) in [5, 5.41) is 36.2. The first-order valence-corrected chi connectivity index (χ1v) is 32.4. The first kappa shape index (κ1) is 83.9. The summed E-state index contributed by atoms with van der Waals surface area (Å²) in [7, 11) is 2.46. The molecule has 4 atom stereocenters. The number of methoxy groups -OCH3 is 2. The highest BCUT2D eigenvalue weighted by molar-refractivity contribution is 5.99. The highest BCUT2D eigenvalue weighted by Gasteiger charge is 2.31. The molecule has 0 aliphatic heterocycles. The molecule has 0 aliphatic rings. The van der Waals surface area contributed by atoms with Gasteiger partial charge in [0.05, 0.1) is 37.8 Å². The smallest absolute Gasteiger partial charge is 0.466 e. The maximum atomic E-state index is 13.5. The Morgan fingerprint density at radius 1 is 0.520 bits per heavy atom. The first-order chi connectivity index (χ1) is 46.6. The van der Waals surface area contributed by atoms with Gasteiger partial charge in [-0.05, 0) is 123 Å². The highest BCUT2D eigenvalue weighted by atomic mass is 16.7. The second kappa shape index (κ2) is 47.7. The van der Waals surface area contributed by atoms with Crippen LogP contribution in [0, 0.1) is 33.8 Å². The molecular weight excluding hydrogens is 1270 g/mol. The number of anilines is 2. The lowest BCUT2D eigenvalue weighted by Gasteiger charge is -2.24. The summed E-state index contributed by atoms with van der Waals surface area (Å²) in [5.74, 6) is -5.42. The van der Waals surface area contributed by atoms with Crippen LogP contribution in [0.4, 0.5) is 31.4 Å². The van der Waals surface area contributed by atoms with Crippen molar-refractivity contribution in [3.63, 3.8) is 0 Å².